The first-order chi connectivity index (χ1) is 7.20. The van der Waals surface area contributed by atoms with Gasteiger partial charge in [-0.2, -0.15) is 0 Å². The predicted octanol–water partition coefficient (Wildman–Crippen LogP) is 1.66. The summed E-state index contributed by atoms with van der Waals surface area (Å²) in [5, 5.41) is 0.604. The minimum atomic E-state index is -0.0457. The zero-order valence-corrected chi connectivity index (χ0v) is 9.48. The Morgan fingerprint density at radius 3 is 2.60 bits per heavy atom. The smallest absolute Gasteiger partial charge is 0.262 e. The monoisotopic (exact) mass is 205 g/mol. The van der Waals surface area contributed by atoms with Gasteiger partial charge in [-0.15, -0.1) is 0 Å². The first kappa shape index (κ1) is 11.4. The summed E-state index contributed by atoms with van der Waals surface area (Å²) in [7, 11) is 1.68. The molecule has 0 saturated heterocycles. The fraction of sp³-hybridized carbons (Fsp3) is 0.364. The molecule has 4 heteroatoms. The Kier molecular flexibility index (Phi) is 3.55. The zero-order valence-electron chi connectivity index (χ0n) is 9.48. The number of aryl methyl sites for hydroxylation is 2. The molecule has 0 N–H and O–H groups in total. The molecule has 0 amide bonds. The van der Waals surface area contributed by atoms with Gasteiger partial charge < -0.3 is 4.57 Å². The molecule has 0 aliphatic rings. The summed E-state index contributed by atoms with van der Waals surface area (Å²) < 4.78 is 1.46. The van der Waals surface area contributed by atoms with Gasteiger partial charge in [0.05, 0.1) is 11.7 Å². The lowest BCUT2D eigenvalue weighted by Crippen LogP contribution is -2.18. The highest BCUT2D eigenvalue weighted by molar-refractivity contribution is 5.76. The predicted molar refractivity (Wildman–Crippen MR) is 60.9 cm³/mol. The number of nitrogens with zero attached hydrogens (tertiary/aromatic N) is 3. The van der Waals surface area contributed by atoms with Gasteiger partial charge in [0, 0.05) is 13.2 Å². The van der Waals surface area contributed by atoms with Gasteiger partial charge in [-0.3, -0.25) is 4.79 Å². The summed E-state index contributed by atoms with van der Waals surface area (Å²) in [5.41, 5.74) is 1.39. The molecule has 0 radical (unpaired) electrons. The average Bonchev–Trinajstić information content (AvgIpc) is 2.26. The van der Waals surface area contributed by atoms with Crippen LogP contribution in [0.25, 0.3) is 11.0 Å². The minimum absolute atomic E-state index is 0.0457. The van der Waals surface area contributed by atoms with E-state index < -0.39 is 0 Å². The van der Waals surface area contributed by atoms with Crippen LogP contribution in [0.15, 0.2) is 23.4 Å². The number of hydrogen-bond acceptors (Lipinski definition) is 3. The molecular weight excluding hydrogens is 190 g/mol. The van der Waals surface area contributed by atoms with E-state index in [1.807, 2.05) is 26.8 Å². The molecule has 0 saturated carbocycles. The van der Waals surface area contributed by atoms with Gasteiger partial charge in [-0.25, -0.2) is 9.97 Å². The van der Waals surface area contributed by atoms with Crippen LogP contribution in [0.1, 0.15) is 19.4 Å². The molecule has 0 atom stereocenters. The van der Waals surface area contributed by atoms with E-state index in [1.165, 1.54) is 10.9 Å². The van der Waals surface area contributed by atoms with E-state index in [0.717, 1.165) is 5.56 Å². The summed E-state index contributed by atoms with van der Waals surface area (Å²) in [6, 6.07) is 1.81. The topological polar surface area (TPSA) is 47.8 Å². The van der Waals surface area contributed by atoms with E-state index >= 15 is 0 Å². The molecule has 0 bridgehead atoms. The Bertz CT molecular complexity index is 517. The summed E-state index contributed by atoms with van der Waals surface area (Å²) in [5.74, 6) is 0. The van der Waals surface area contributed by atoms with Gasteiger partial charge in [0.15, 0.2) is 5.65 Å². The lowest BCUT2D eigenvalue weighted by molar-refractivity contribution is 0.838. The molecule has 0 spiro atoms. The Hall–Kier alpha value is -1.71. The third kappa shape index (κ3) is 2.03. The van der Waals surface area contributed by atoms with Gasteiger partial charge in [0.2, 0.25) is 0 Å². The second kappa shape index (κ2) is 4.68. The van der Waals surface area contributed by atoms with Crippen molar-refractivity contribution in [3.8, 4) is 0 Å². The molecule has 0 fully saturated rings. The normalized spacial score (nSPS) is 9.60. The van der Waals surface area contributed by atoms with Crippen LogP contribution < -0.4 is 5.56 Å². The molecule has 2 aromatic rings. The standard InChI is InChI=1S/C9H9N3O.C2H6/c1-6-3-4-10-8-7(6)9(13)12(2)5-11-8;1-2/h3-5H,1-2H3;1-2H3. The van der Waals surface area contributed by atoms with Gasteiger partial charge in [0.1, 0.15) is 0 Å². The molecule has 80 valence electrons. The second-order valence-corrected chi connectivity index (χ2v) is 2.99. The number of aromatic nitrogens is 3. The van der Waals surface area contributed by atoms with E-state index in [1.54, 1.807) is 13.2 Å². The van der Waals surface area contributed by atoms with Crippen LogP contribution in [0, 0.1) is 6.92 Å². The number of hydrogen-bond donors (Lipinski definition) is 0. The molecule has 0 unspecified atom stereocenters. The highest BCUT2D eigenvalue weighted by atomic mass is 16.1. The molecular formula is C11H15N3O. The van der Waals surface area contributed by atoms with Crippen molar-refractivity contribution in [3.05, 3.63) is 34.5 Å². The van der Waals surface area contributed by atoms with Crippen molar-refractivity contribution in [1.82, 2.24) is 14.5 Å². The fourth-order valence-corrected chi connectivity index (χ4v) is 1.28. The fourth-order valence-electron chi connectivity index (χ4n) is 1.28. The third-order valence-electron chi connectivity index (χ3n) is 2.03. The van der Waals surface area contributed by atoms with E-state index in [-0.39, 0.29) is 5.56 Å². The van der Waals surface area contributed by atoms with Crippen LogP contribution >= 0.6 is 0 Å². The first-order valence-corrected chi connectivity index (χ1v) is 4.97. The summed E-state index contributed by atoms with van der Waals surface area (Å²) in [4.78, 5) is 19.7. The van der Waals surface area contributed by atoms with E-state index in [0.29, 0.717) is 11.0 Å². The third-order valence-corrected chi connectivity index (χ3v) is 2.03. The SMILES string of the molecule is CC.Cc1ccnc2ncn(C)c(=O)c12. The van der Waals surface area contributed by atoms with E-state index in [9.17, 15) is 4.79 Å². The van der Waals surface area contributed by atoms with Crippen molar-refractivity contribution in [2.24, 2.45) is 7.05 Å². The Labute approximate surface area is 88.6 Å². The Morgan fingerprint density at radius 1 is 1.27 bits per heavy atom. The van der Waals surface area contributed by atoms with Crippen LogP contribution in [-0.2, 0) is 7.05 Å². The number of rotatable bonds is 0. The minimum Gasteiger partial charge on any atom is -0.302 e. The molecule has 0 aliphatic heterocycles. The molecule has 4 nitrogen and oxygen atoms in total. The molecule has 15 heavy (non-hydrogen) atoms. The van der Waals surface area contributed by atoms with Gasteiger partial charge >= 0.3 is 0 Å². The number of fused-ring (bicyclic) bond motifs is 1. The maximum absolute atomic E-state index is 11.6. The zero-order chi connectivity index (χ0) is 11.4. The number of pyridine rings is 1. The Morgan fingerprint density at radius 2 is 1.93 bits per heavy atom. The van der Waals surface area contributed by atoms with Gasteiger partial charge in [-0.05, 0) is 18.6 Å². The van der Waals surface area contributed by atoms with Crippen LogP contribution in [0.3, 0.4) is 0 Å². The largest absolute Gasteiger partial charge is 0.302 e. The van der Waals surface area contributed by atoms with Crippen molar-refractivity contribution in [3.63, 3.8) is 0 Å². The maximum Gasteiger partial charge on any atom is 0.262 e. The highest BCUT2D eigenvalue weighted by Gasteiger charge is 2.04. The van der Waals surface area contributed by atoms with Crippen molar-refractivity contribution < 1.29 is 0 Å². The second-order valence-electron chi connectivity index (χ2n) is 2.99. The van der Waals surface area contributed by atoms with Gasteiger partial charge in [0.25, 0.3) is 5.56 Å². The molecule has 0 aromatic carbocycles. The van der Waals surface area contributed by atoms with Crippen molar-refractivity contribution >= 4 is 11.0 Å². The summed E-state index contributed by atoms with van der Waals surface area (Å²) in [6.07, 6.45) is 3.14. The molecule has 0 aliphatic carbocycles. The van der Waals surface area contributed by atoms with Crippen LogP contribution in [0.5, 0.6) is 0 Å². The summed E-state index contributed by atoms with van der Waals surface area (Å²) >= 11 is 0. The van der Waals surface area contributed by atoms with Crippen LogP contribution in [0.4, 0.5) is 0 Å². The first-order valence-electron chi connectivity index (χ1n) is 4.97. The Balaban J connectivity index is 0.000000531. The average molecular weight is 205 g/mol. The summed E-state index contributed by atoms with van der Waals surface area (Å²) in [6.45, 7) is 5.88. The van der Waals surface area contributed by atoms with Crippen molar-refractivity contribution in [2.45, 2.75) is 20.8 Å². The maximum atomic E-state index is 11.6. The van der Waals surface area contributed by atoms with E-state index in [4.69, 9.17) is 0 Å². The lowest BCUT2D eigenvalue weighted by atomic mass is 10.2. The molecule has 2 aromatic heterocycles. The van der Waals surface area contributed by atoms with Crippen molar-refractivity contribution in [2.75, 3.05) is 0 Å². The lowest BCUT2D eigenvalue weighted by Gasteiger charge is -2.00. The quantitative estimate of drug-likeness (QED) is 0.657. The highest BCUT2D eigenvalue weighted by Crippen LogP contribution is 2.07. The van der Waals surface area contributed by atoms with Gasteiger partial charge in [-0.1, -0.05) is 13.8 Å². The van der Waals surface area contributed by atoms with Crippen LogP contribution in [0.2, 0.25) is 0 Å². The molecule has 2 rings (SSSR count). The van der Waals surface area contributed by atoms with Crippen molar-refractivity contribution in [1.29, 1.82) is 0 Å². The van der Waals surface area contributed by atoms with E-state index in [2.05, 4.69) is 9.97 Å². The molecule has 2 heterocycles. The van der Waals surface area contributed by atoms with Crippen LogP contribution in [-0.4, -0.2) is 14.5 Å².